The average Bonchev–Trinajstić information content (AvgIpc) is 2.33. The van der Waals surface area contributed by atoms with E-state index in [0.29, 0.717) is 0 Å². The monoisotopic (exact) mass is 216 g/mol. The molecule has 0 aliphatic rings. The first kappa shape index (κ1) is 10.6. The first-order valence-electron chi connectivity index (χ1n) is 5.23. The summed E-state index contributed by atoms with van der Waals surface area (Å²) in [7, 11) is 0. The Hall–Kier alpha value is -1.90. The van der Waals surface area contributed by atoms with E-state index in [1.807, 2.05) is 24.3 Å². The lowest BCUT2D eigenvalue weighted by Gasteiger charge is -2.05. The predicted octanol–water partition coefficient (Wildman–Crippen LogP) is 2.88. The van der Waals surface area contributed by atoms with Crippen LogP contribution in [0.4, 0.5) is 10.1 Å². The minimum Gasteiger partial charge on any atom is -0.385 e. The van der Waals surface area contributed by atoms with Crippen LogP contribution in [-0.4, -0.2) is 11.5 Å². The number of anilines is 1. The molecule has 2 aromatic rings. The highest BCUT2D eigenvalue weighted by Crippen LogP contribution is 2.06. The van der Waals surface area contributed by atoms with Crippen LogP contribution >= 0.6 is 0 Å². The lowest BCUT2D eigenvalue weighted by atomic mass is 10.1. The van der Waals surface area contributed by atoms with Crippen molar-refractivity contribution in [1.29, 1.82) is 0 Å². The van der Waals surface area contributed by atoms with Gasteiger partial charge < -0.3 is 5.32 Å². The van der Waals surface area contributed by atoms with Crippen LogP contribution < -0.4 is 5.32 Å². The van der Waals surface area contributed by atoms with Crippen molar-refractivity contribution in [1.82, 2.24) is 4.98 Å². The average molecular weight is 216 g/mol. The van der Waals surface area contributed by atoms with E-state index in [0.717, 1.165) is 24.2 Å². The fraction of sp³-hybridized carbons (Fsp3) is 0.154. The van der Waals surface area contributed by atoms with Gasteiger partial charge in [0.25, 0.3) is 0 Å². The molecular weight excluding hydrogens is 203 g/mol. The van der Waals surface area contributed by atoms with Gasteiger partial charge in [0.15, 0.2) is 0 Å². The fourth-order valence-corrected chi connectivity index (χ4v) is 1.47. The lowest BCUT2D eigenvalue weighted by molar-refractivity contribution is 0.627. The van der Waals surface area contributed by atoms with E-state index < -0.39 is 0 Å². The second-order valence-electron chi connectivity index (χ2n) is 3.54. The molecule has 2 nitrogen and oxygen atoms in total. The number of pyridine rings is 1. The summed E-state index contributed by atoms with van der Waals surface area (Å²) in [5.74, 6) is -0.189. The Labute approximate surface area is 94.2 Å². The van der Waals surface area contributed by atoms with Crippen LogP contribution in [0.3, 0.4) is 0 Å². The number of halogens is 1. The van der Waals surface area contributed by atoms with Gasteiger partial charge in [0, 0.05) is 24.6 Å². The van der Waals surface area contributed by atoms with Gasteiger partial charge in [-0.3, -0.25) is 4.98 Å². The van der Waals surface area contributed by atoms with Crippen LogP contribution in [0.15, 0.2) is 48.8 Å². The maximum atomic E-state index is 12.7. The summed E-state index contributed by atoms with van der Waals surface area (Å²) in [4.78, 5) is 3.94. The normalized spacial score (nSPS) is 10.1. The molecule has 0 radical (unpaired) electrons. The molecule has 0 saturated heterocycles. The van der Waals surface area contributed by atoms with E-state index >= 15 is 0 Å². The van der Waals surface area contributed by atoms with E-state index in [1.54, 1.807) is 12.4 Å². The molecule has 0 aliphatic carbocycles. The van der Waals surface area contributed by atoms with Gasteiger partial charge in [-0.1, -0.05) is 12.1 Å². The smallest absolute Gasteiger partial charge is 0.123 e. The minimum atomic E-state index is -0.189. The second kappa shape index (κ2) is 5.26. The Balaban J connectivity index is 1.82. The van der Waals surface area contributed by atoms with Crippen LogP contribution in [-0.2, 0) is 6.42 Å². The Morgan fingerprint density at radius 1 is 1.00 bits per heavy atom. The van der Waals surface area contributed by atoms with E-state index in [4.69, 9.17) is 0 Å². The molecule has 82 valence electrons. The van der Waals surface area contributed by atoms with E-state index in [1.165, 1.54) is 12.1 Å². The van der Waals surface area contributed by atoms with Gasteiger partial charge in [-0.05, 0) is 36.2 Å². The van der Waals surface area contributed by atoms with Gasteiger partial charge in [0.1, 0.15) is 5.82 Å². The Morgan fingerprint density at radius 3 is 2.38 bits per heavy atom. The highest BCUT2D eigenvalue weighted by molar-refractivity contribution is 5.40. The lowest BCUT2D eigenvalue weighted by Crippen LogP contribution is -2.04. The van der Waals surface area contributed by atoms with Crippen molar-refractivity contribution in [2.24, 2.45) is 0 Å². The van der Waals surface area contributed by atoms with Crippen molar-refractivity contribution in [3.8, 4) is 0 Å². The molecule has 3 heteroatoms. The second-order valence-corrected chi connectivity index (χ2v) is 3.54. The zero-order valence-corrected chi connectivity index (χ0v) is 8.86. The fourth-order valence-electron chi connectivity index (χ4n) is 1.47. The molecule has 0 fully saturated rings. The summed E-state index contributed by atoms with van der Waals surface area (Å²) in [6.45, 7) is 0.829. The van der Waals surface area contributed by atoms with E-state index in [-0.39, 0.29) is 5.82 Å². The highest BCUT2D eigenvalue weighted by atomic mass is 19.1. The number of benzene rings is 1. The van der Waals surface area contributed by atoms with Crippen molar-refractivity contribution in [3.05, 3.63) is 60.2 Å². The van der Waals surface area contributed by atoms with Gasteiger partial charge in [-0.15, -0.1) is 0 Å². The molecule has 0 aliphatic heterocycles. The molecule has 0 amide bonds. The van der Waals surface area contributed by atoms with Crippen LogP contribution in [0.1, 0.15) is 5.56 Å². The van der Waals surface area contributed by atoms with Crippen LogP contribution in [0.2, 0.25) is 0 Å². The molecule has 0 saturated carbocycles. The number of nitrogens with one attached hydrogen (secondary N) is 1. The summed E-state index contributed by atoms with van der Waals surface area (Å²) in [5.41, 5.74) is 2.18. The molecule has 1 aromatic heterocycles. The number of hydrogen-bond acceptors (Lipinski definition) is 2. The first-order valence-corrected chi connectivity index (χ1v) is 5.23. The summed E-state index contributed by atoms with van der Waals surface area (Å²) >= 11 is 0. The maximum absolute atomic E-state index is 12.7. The molecule has 1 heterocycles. The number of nitrogens with zero attached hydrogens (tertiary/aromatic N) is 1. The van der Waals surface area contributed by atoms with Crippen molar-refractivity contribution in [3.63, 3.8) is 0 Å². The largest absolute Gasteiger partial charge is 0.385 e. The van der Waals surface area contributed by atoms with Crippen molar-refractivity contribution in [2.45, 2.75) is 6.42 Å². The third kappa shape index (κ3) is 3.05. The highest BCUT2D eigenvalue weighted by Gasteiger charge is 1.94. The van der Waals surface area contributed by atoms with E-state index in [2.05, 4.69) is 10.3 Å². The van der Waals surface area contributed by atoms with Crippen molar-refractivity contribution in [2.75, 3.05) is 11.9 Å². The van der Waals surface area contributed by atoms with E-state index in [9.17, 15) is 4.39 Å². The maximum Gasteiger partial charge on any atom is 0.123 e. The zero-order chi connectivity index (χ0) is 11.2. The quantitative estimate of drug-likeness (QED) is 0.850. The van der Waals surface area contributed by atoms with Crippen molar-refractivity contribution >= 4 is 5.69 Å². The number of hydrogen-bond donors (Lipinski definition) is 1. The molecule has 1 N–H and O–H groups in total. The van der Waals surface area contributed by atoms with Crippen LogP contribution in [0.25, 0.3) is 0 Å². The topological polar surface area (TPSA) is 24.9 Å². The Kier molecular flexibility index (Phi) is 3.49. The molecule has 16 heavy (non-hydrogen) atoms. The summed E-state index contributed by atoms with van der Waals surface area (Å²) in [6, 6.07) is 10.4. The molecular formula is C13H13FN2. The number of aromatic nitrogens is 1. The SMILES string of the molecule is Fc1ccc(CCNc2ccncc2)cc1. The molecule has 1 aromatic carbocycles. The zero-order valence-electron chi connectivity index (χ0n) is 8.86. The molecule has 0 spiro atoms. The Morgan fingerprint density at radius 2 is 1.69 bits per heavy atom. The standard InChI is InChI=1S/C13H13FN2/c14-12-3-1-11(2-4-12)5-10-16-13-6-8-15-9-7-13/h1-4,6-9H,5,10H2,(H,15,16). The summed E-state index contributed by atoms with van der Waals surface area (Å²) < 4.78 is 12.7. The molecule has 0 bridgehead atoms. The third-order valence-electron chi connectivity index (χ3n) is 2.34. The van der Waals surface area contributed by atoms with Crippen molar-refractivity contribution < 1.29 is 4.39 Å². The van der Waals surface area contributed by atoms with Crippen LogP contribution in [0, 0.1) is 5.82 Å². The molecule has 0 unspecified atom stereocenters. The number of rotatable bonds is 4. The van der Waals surface area contributed by atoms with Gasteiger partial charge in [0.2, 0.25) is 0 Å². The molecule has 0 atom stereocenters. The summed E-state index contributed by atoms with van der Waals surface area (Å²) in [6.07, 6.45) is 4.38. The first-order chi connectivity index (χ1) is 7.84. The van der Waals surface area contributed by atoms with Crippen LogP contribution in [0.5, 0.6) is 0 Å². The Bertz CT molecular complexity index is 425. The third-order valence-corrected chi connectivity index (χ3v) is 2.34. The van der Waals surface area contributed by atoms with Gasteiger partial charge in [-0.25, -0.2) is 4.39 Å². The minimum absolute atomic E-state index is 0.189. The van der Waals surface area contributed by atoms with Gasteiger partial charge in [-0.2, -0.15) is 0 Å². The summed E-state index contributed by atoms with van der Waals surface area (Å²) in [5, 5.41) is 3.27. The predicted molar refractivity (Wildman–Crippen MR) is 62.8 cm³/mol. The molecule has 2 rings (SSSR count). The van der Waals surface area contributed by atoms with Gasteiger partial charge in [0.05, 0.1) is 0 Å². The van der Waals surface area contributed by atoms with Gasteiger partial charge >= 0.3 is 0 Å².